The van der Waals surface area contributed by atoms with Gasteiger partial charge in [0.2, 0.25) is 0 Å². The Morgan fingerprint density at radius 1 is 0.923 bits per heavy atom. The second-order valence-electron chi connectivity index (χ2n) is 6.89. The molecular formula is C22H27N3O. The predicted octanol–water partition coefficient (Wildman–Crippen LogP) is 3.87. The third kappa shape index (κ3) is 5.02. The van der Waals surface area contributed by atoms with Gasteiger partial charge in [0.25, 0.3) is 5.91 Å². The normalized spacial score (nSPS) is 15.9. The second-order valence-corrected chi connectivity index (χ2v) is 6.89. The van der Waals surface area contributed by atoms with E-state index in [1.54, 1.807) is 0 Å². The summed E-state index contributed by atoms with van der Waals surface area (Å²) in [4.78, 5) is 12.5. The van der Waals surface area contributed by atoms with E-state index in [1.807, 2.05) is 67.6 Å². The maximum absolute atomic E-state index is 12.5. The molecule has 0 radical (unpaired) electrons. The van der Waals surface area contributed by atoms with Gasteiger partial charge in [0.05, 0.1) is 11.8 Å². The van der Waals surface area contributed by atoms with Crippen molar-refractivity contribution in [2.75, 3.05) is 0 Å². The van der Waals surface area contributed by atoms with Crippen LogP contribution >= 0.6 is 0 Å². The Bertz CT molecular complexity index is 680. The average Bonchev–Trinajstić information content (AvgIpc) is 2.70. The van der Waals surface area contributed by atoms with E-state index in [4.69, 9.17) is 0 Å². The molecule has 2 N–H and O–H groups in total. The Morgan fingerprint density at radius 3 is 2.00 bits per heavy atom. The van der Waals surface area contributed by atoms with Gasteiger partial charge in [-0.05, 0) is 19.8 Å². The molecule has 0 heterocycles. The van der Waals surface area contributed by atoms with E-state index < -0.39 is 0 Å². The zero-order chi connectivity index (χ0) is 18.2. The van der Waals surface area contributed by atoms with Crippen LogP contribution in [0.1, 0.15) is 50.2 Å². The molecule has 1 saturated carbocycles. The minimum absolute atomic E-state index is 0.0973. The van der Waals surface area contributed by atoms with E-state index in [0.717, 1.165) is 29.7 Å². The molecular weight excluding hydrogens is 322 g/mol. The van der Waals surface area contributed by atoms with Crippen LogP contribution in [0.5, 0.6) is 0 Å². The van der Waals surface area contributed by atoms with Crippen molar-refractivity contribution in [3.8, 4) is 0 Å². The molecule has 0 aromatic heterocycles. The van der Waals surface area contributed by atoms with E-state index in [2.05, 4.69) is 15.8 Å². The van der Waals surface area contributed by atoms with E-state index in [9.17, 15) is 4.79 Å². The topological polar surface area (TPSA) is 53.5 Å². The first kappa shape index (κ1) is 18.3. The third-order valence-electron chi connectivity index (χ3n) is 4.86. The van der Waals surface area contributed by atoms with Crippen molar-refractivity contribution in [1.82, 2.24) is 10.7 Å². The number of hydrazone groups is 1. The van der Waals surface area contributed by atoms with Gasteiger partial charge in [-0.2, -0.15) is 5.10 Å². The van der Waals surface area contributed by atoms with E-state index in [1.165, 1.54) is 19.3 Å². The number of amides is 1. The third-order valence-corrected chi connectivity index (χ3v) is 4.86. The fourth-order valence-electron chi connectivity index (χ4n) is 3.39. The minimum Gasteiger partial charge on any atom is -0.303 e. The summed E-state index contributed by atoms with van der Waals surface area (Å²) in [5.41, 5.74) is 5.48. The highest BCUT2D eigenvalue weighted by Gasteiger charge is 2.19. The molecule has 136 valence electrons. The number of benzene rings is 2. The lowest BCUT2D eigenvalue weighted by atomic mass is 9.95. The zero-order valence-corrected chi connectivity index (χ0v) is 15.3. The van der Waals surface area contributed by atoms with Crippen molar-refractivity contribution >= 4 is 11.6 Å². The molecule has 1 aliphatic carbocycles. The van der Waals surface area contributed by atoms with Gasteiger partial charge in [0.15, 0.2) is 0 Å². The number of carbonyl (C=O) groups is 1. The highest BCUT2D eigenvalue weighted by Crippen LogP contribution is 2.17. The molecule has 1 fully saturated rings. The number of nitrogens with zero attached hydrogens (tertiary/aromatic N) is 1. The van der Waals surface area contributed by atoms with Crippen LogP contribution < -0.4 is 10.7 Å². The van der Waals surface area contributed by atoms with E-state index >= 15 is 0 Å². The maximum atomic E-state index is 12.5. The molecule has 1 amide bonds. The van der Waals surface area contributed by atoms with Gasteiger partial charge in [-0.15, -0.1) is 0 Å². The van der Waals surface area contributed by atoms with Crippen molar-refractivity contribution in [2.24, 2.45) is 5.10 Å². The molecule has 1 aliphatic rings. The molecule has 3 rings (SSSR count). The summed E-state index contributed by atoms with van der Waals surface area (Å²) < 4.78 is 0. The fourth-order valence-corrected chi connectivity index (χ4v) is 3.39. The van der Waals surface area contributed by atoms with Crippen molar-refractivity contribution in [1.29, 1.82) is 0 Å². The average molecular weight is 349 g/mol. The first-order chi connectivity index (χ1) is 12.7. The summed E-state index contributed by atoms with van der Waals surface area (Å²) in [5, 5.41) is 7.90. The lowest BCUT2D eigenvalue weighted by Gasteiger charge is -2.25. The molecule has 26 heavy (non-hydrogen) atoms. The van der Waals surface area contributed by atoms with Gasteiger partial charge in [0.1, 0.15) is 0 Å². The van der Waals surface area contributed by atoms with Crippen LogP contribution in [0.4, 0.5) is 0 Å². The smallest absolute Gasteiger partial charge is 0.256 e. The Labute approximate surface area is 155 Å². The van der Waals surface area contributed by atoms with Crippen LogP contribution in [-0.4, -0.2) is 23.7 Å². The SMILES string of the molecule is C[C@@H](NC1CCCCC1)C(=O)NN=C(c1ccccc1)c1ccccc1. The summed E-state index contributed by atoms with van der Waals surface area (Å²) in [6, 6.07) is 20.0. The number of rotatable bonds is 6. The molecule has 2 aromatic carbocycles. The molecule has 0 saturated heterocycles. The van der Waals surface area contributed by atoms with Crippen molar-refractivity contribution < 1.29 is 4.79 Å². The van der Waals surface area contributed by atoms with Crippen molar-refractivity contribution in [2.45, 2.75) is 51.1 Å². The van der Waals surface area contributed by atoms with Crippen LogP contribution in [0.3, 0.4) is 0 Å². The molecule has 4 heteroatoms. The number of hydrogen-bond acceptors (Lipinski definition) is 3. The number of hydrogen-bond donors (Lipinski definition) is 2. The van der Waals surface area contributed by atoms with Crippen molar-refractivity contribution in [3.05, 3.63) is 71.8 Å². The highest BCUT2D eigenvalue weighted by molar-refractivity contribution is 6.13. The Kier molecular flexibility index (Phi) is 6.56. The first-order valence-corrected chi connectivity index (χ1v) is 9.48. The minimum atomic E-state index is -0.255. The van der Waals surface area contributed by atoms with Gasteiger partial charge in [-0.25, -0.2) is 5.43 Å². The maximum Gasteiger partial charge on any atom is 0.256 e. The predicted molar refractivity (Wildman–Crippen MR) is 106 cm³/mol. The largest absolute Gasteiger partial charge is 0.303 e. The Balaban J connectivity index is 1.70. The molecule has 0 spiro atoms. The van der Waals surface area contributed by atoms with Gasteiger partial charge < -0.3 is 5.32 Å². The summed E-state index contributed by atoms with van der Waals surface area (Å²) in [6.07, 6.45) is 6.10. The van der Waals surface area contributed by atoms with Crippen molar-refractivity contribution in [3.63, 3.8) is 0 Å². The number of carbonyl (C=O) groups excluding carboxylic acids is 1. The van der Waals surface area contributed by atoms with Crippen LogP contribution in [-0.2, 0) is 4.79 Å². The summed E-state index contributed by atoms with van der Waals surface area (Å²) >= 11 is 0. The van der Waals surface area contributed by atoms with E-state index in [0.29, 0.717) is 6.04 Å². The van der Waals surface area contributed by atoms with Gasteiger partial charge in [-0.1, -0.05) is 79.9 Å². The molecule has 4 nitrogen and oxygen atoms in total. The molecule has 2 aromatic rings. The van der Waals surface area contributed by atoms with Gasteiger partial charge >= 0.3 is 0 Å². The highest BCUT2D eigenvalue weighted by atomic mass is 16.2. The second kappa shape index (κ2) is 9.30. The quantitative estimate of drug-likeness (QED) is 0.614. The number of nitrogens with one attached hydrogen (secondary N) is 2. The zero-order valence-electron chi connectivity index (χ0n) is 15.3. The fraction of sp³-hybridized carbons (Fsp3) is 0.364. The molecule has 1 atom stereocenters. The summed E-state index contributed by atoms with van der Waals surface area (Å²) in [7, 11) is 0. The molecule has 0 unspecified atom stereocenters. The van der Waals surface area contributed by atoms with Crippen LogP contribution in [0.15, 0.2) is 65.8 Å². The standard InChI is InChI=1S/C22H27N3O/c1-17(23-20-15-9-4-10-16-20)22(26)25-24-21(18-11-5-2-6-12-18)19-13-7-3-8-14-19/h2-3,5-8,11-14,17,20,23H,4,9-10,15-16H2,1H3,(H,25,26)/t17-/m1/s1. The summed E-state index contributed by atoms with van der Waals surface area (Å²) in [6.45, 7) is 1.91. The summed E-state index contributed by atoms with van der Waals surface area (Å²) in [5.74, 6) is -0.0973. The van der Waals surface area contributed by atoms with Gasteiger partial charge in [-0.3, -0.25) is 4.79 Å². The molecule has 0 bridgehead atoms. The monoisotopic (exact) mass is 349 g/mol. The van der Waals surface area contributed by atoms with Crippen LogP contribution in [0.25, 0.3) is 0 Å². The Morgan fingerprint density at radius 2 is 1.46 bits per heavy atom. The van der Waals surface area contributed by atoms with Crippen LogP contribution in [0, 0.1) is 0 Å². The van der Waals surface area contributed by atoms with Gasteiger partial charge in [0, 0.05) is 17.2 Å². The first-order valence-electron chi connectivity index (χ1n) is 9.48. The van der Waals surface area contributed by atoms with Crippen LogP contribution in [0.2, 0.25) is 0 Å². The molecule has 0 aliphatic heterocycles. The van der Waals surface area contributed by atoms with E-state index in [-0.39, 0.29) is 11.9 Å². The lowest BCUT2D eigenvalue weighted by molar-refractivity contribution is -0.123. The lowest BCUT2D eigenvalue weighted by Crippen LogP contribution is -2.46. The Hall–Kier alpha value is -2.46.